The number of hydrogen-bond acceptors (Lipinski definition) is 8. The molecule has 11 heteroatoms. The Morgan fingerprint density at radius 3 is 2.57 bits per heavy atom. The maximum absolute atomic E-state index is 13.6. The molecular weight excluding hydrogens is 431 g/mol. The molecule has 0 radical (unpaired) electrons. The highest BCUT2D eigenvalue weighted by atomic mass is 32.2. The molecule has 2 N–H and O–H groups in total. The van der Waals surface area contributed by atoms with E-state index in [2.05, 4.69) is 20.8 Å². The molecule has 0 aliphatic heterocycles. The Morgan fingerprint density at radius 2 is 1.83 bits per heavy atom. The summed E-state index contributed by atoms with van der Waals surface area (Å²) in [6.07, 6.45) is 0. The molecule has 8 nitrogen and oxygen atoms in total. The van der Waals surface area contributed by atoms with E-state index in [1.54, 1.807) is 30.3 Å². The minimum Gasteiger partial charge on any atom is -0.493 e. The van der Waals surface area contributed by atoms with Gasteiger partial charge in [-0.3, -0.25) is 14.9 Å². The largest absolute Gasteiger partial charge is 0.493 e. The SMILES string of the molecule is COc1ccc(C(=O)Nc2nnc(SCC(=O)Nc3ccccc3F)s2)cc1OC. The van der Waals surface area contributed by atoms with Crippen molar-refractivity contribution in [2.75, 3.05) is 30.6 Å². The third-order valence-corrected chi connectivity index (χ3v) is 5.72. The number of halogens is 1. The number of carbonyl (C=O) groups excluding carboxylic acids is 2. The first kappa shape index (κ1) is 21.5. The number of nitrogens with zero attached hydrogens (tertiary/aromatic N) is 2. The van der Waals surface area contributed by atoms with Gasteiger partial charge in [-0.1, -0.05) is 35.2 Å². The molecule has 0 saturated carbocycles. The first-order chi connectivity index (χ1) is 14.5. The van der Waals surface area contributed by atoms with Crippen molar-refractivity contribution in [2.24, 2.45) is 0 Å². The Hall–Kier alpha value is -3.18. The molecule has 2 aromatic carbocycles. The summed E-state index contributed by atoms with van der Waals surface area (Å²) < 4.78 is 24.4. The van der Waals surface area contributed by atoms with Crippen LogP contribution in [-0.4, -0.2) is 42.0 Å². The maximum atomic E-state index is 13.6. The molecule has 0 bridgehead atoms. The highest BCUT2D eigenvalue weighted by Crippen LogP contribution is 2.29. The van der Waals surface area contributed by atoms with Crippen LogP contribution in [0.2, 0.25) is 0 Å². The Labute approximate surface area is 179 Å². The number of thioether (sulfide) groups is 1. The standard InChI is InChI=1S/C19H17FN4O4S2/c1-27-14-8-7-11(9-15(14)28-2)17(26)22-18-23-24-19(30-18)29-10-16(25)21-13-6-4-3-5-12(13)20/h3-9H,10H2,1-2H3,(H,21,25)(H,22,23,26). The number of methoxy groups -OCH3 is 2. The summed E-state index contributed by atoms with van der Waals surface area (Å²) in [7, 11) is 2.99. The molecule has 1 heterocycles. The summed E-state index contributed by atoms with van der Waals surface area (Å²) in [5, 5.41) is 13.3. The summed E-state index contributed by atoms with van der Waals surface area (Å²) in [5.74, 6) is -0.312. The molecule has 0 aliphatic carbocycles. The molecule has 0 spiro atoms. The van der Waals surface area contributed by atoms with Crippen LogP contribution in [-0.2, 0) is 4.79 Å². The fourth-order valence-corrected chi connectivity index (χ4v) is 3.89. The van der Waals surface area contributed by atoms with Gasteiger partial charge in [0.1, 0.15) is 5.82 Å². The lowest BCUT2D eigenvalue weighted by molar-refractivity contribution is -0.113. The third-order valence-electron chi connectivity index (χ3n) is 3.75. The number of amides is 2. The van der Waals surface area contributed by atoms with E-state index in [1.807, 2.05) is 0 Å². The number of ether oxygens (including phenoxy) is 2. The van der Waals surface area contributed by atoms with Crippen molar-refractivity contribution in [1.29, 1.82) is 0 Å². The van der Waals surface area contributed by atoms with E-state index >= 15 is 0 Å². The van der Waals surface area contributed by atoms with Gasteiger partial charge in [0.15, 0.2) is 15.8 Å². The second kappa shape index (κ2) is 10.0. The van der Waals surface area contributed by atoms with E-state index in [-0.39, 0.29) is 28.4 Å². The van der Waals surface area contributed by atoms with Gasteiger partial charge < -0.3 is 14.8 Å². The molecule has 2 amide bonds. The van der Waals surface area contributed by atoms with Crippen LogP contribution >= 0.6 is 23.1 Å². The van der Waals surface area contributed by atoms with Crippen molar-refractivity contribution >= 4 is 45.7 Å². The van der Waals surface area contributed by atoms with Gasteiger partial charge in [-0.05, 0) is 30.3 Å². The highest BCUT2D eigenvalue weighted by molar-refractivity contribution is 8.01. The average molecular weight is 449 g/mol. The second-order valence-corrected chi connectivity index (χ2v) is 7.91. The van der Waals surface area contributed by atoms with Gasteiger partial charge in [-0.2, -0.15) is 0 Å². The topological polar surface area (TPSA) is 102 Å². The Balaban J connectivity index is 1.55. The fourth-order valence-electron chi connectivity index (χ4n) is 2.34. The molecule has 0 fully saturated rings. The number of para-hydroxylation sites is 1. The van der Waals surface area contributed by atoms with Crippen LogP contribution in [0.3, 0.4) is 0 Å². The van der Waals surface area contributed by atoms with Gasteiger partial charge in [-0.15, -0.1) is 10.2 Å². The van der Waals surface area contributed by atoms with Crippen LogP contribution < -0.4 is 20.1 Å². The first-order valence-electron chi connectivity index (χ1n) is 8.54. The summed E-state index contributed by atoms with van der Waals surface area (Å²) in [6, 6.07) is 10.7. The monoisotopic (exact) mass is 448 g/mol. The molecule has 0 atom stereocenters. The van der Waals surface area contributed by atoms with E-state index < -0.39 is 5.82 Å². The minimum absolute atomic E-state index is 0.0204. The quantitative estimate of drug-likeness (QED) is 0.400. The highest BCUT2D eigenvalue weighted by Gasteiger charge is 2.14. The molecular formula is C19H17FN4O4S2. The van der Waals surface area contributed by atoms with Crippen LogP contribution in [0, 0.1) is 5.82 Å². The number of benzene rings is 2. The van der Waals surface area contributed by atoms with Gasteiger partial charge >= 0.3 is 0 Å². The predicted molar refractivity (Wildman–Crippen MR) is 113 cm³/mol. The second-order valence-electron chi connectivity index (χ2n) is 5.71. The van der Waals surface area contributed by atoms with Gasteiger partial charge in [0.25, 0.3) is 5.91 Å². The van der Waals surface area contributed by atoms with E-state index in [1.165, 1.54) is 26.4 Å². The zero-order chi connectivity index (χ0) is 21.5. The minimum atomic E-state index is -0.507. The predicted octanol–water partition coefficient (Wildman–Crippen LogP) is 3.68. The number of aromatic nitrogens is 2. The van der Waals surface area contributed by atoms with E-state index in [9.17, 15) is 14.0 Å². The third kappa shape index (κ3) is 5.45. The van der Waals surface area contributed by atoms with E-state index in [4.69, 9.17) is 9.47 Å². The van der Waals surface area contributed by atoms with Crippen LogP contribution in [0.5, 0.6) is 11.5 Å². The van der Waals surface area contributed by atoms with Crippen LogP contribution in [0.25, 0.3) is 0 Å². The molecule has 3 aromatic rings. The van der Waals surface area contributed by atoms with Crippen molar-refractivity contribution in [2.45, 2.75) is 4.34 Å². The number of hydrogen-bond donors (Lipinski definition) is 2. The number of anilines is 2. The van der Waals surface area contributed by atoms with Gasteiger partial charge in [0.2, 0.25) is 11.0 Å². The molecule has 156 valence electrons. The van der Waals surface area contributed by atoms with E-state index in [0.717, 1.165) is 23.1 Å². The van der Waals surface area contributed by atoms with Crippen molar-refractivity contribution in [3.8, 4) is 11.5 Å². The lowest BCUT2D eigenvalue weighted by Crippen LogP contribution is -2.14. The number of carbonyl (C=O) groups is 2. The number of rotatable bonds is 8. The van der Waals surface area contributed by atoms with Gasteiger partial charge in [0, 0.05) is 5.56 Å². The lowest BCUT2D eigenvalue weighted by atomic mass is 10.2. The first-order valence-corrected chi connectivity index (χ1v) is 10.3. The van der Waals surface area contributed by atoms with Gasteiger partial charge in [-0.25, -0.2) is 4.39 Å². The smallest absolute Gasteiger partial charge is 0.257 e. The van der Waals surface area contributed by atoms with Crippen molar-refractivity contribution in [3.63, 3.8) is 0 Å². The Kier molecular flexibility index (Phi) is 7.20. The molecule has 3 rings (SSSR count). The lowest BCUT2D eigenvalue weighted by Gasteiger charge is -2.08. The summed E-state index contributed by atoms with van der Waals surface area (Å²) in [6.45, 7) is 0. The zero-order valence-corrected chi connectivity index (χ0v) is 17.6. The summed E-state index contributed by atoms with van der Waals surface area (Å²) in [4.78, 5) is 24.4. The molecule has 0 saturated heterocycles. The maximum Gasteiger partial charge on any atom is 0.257 e. The molecule has 0 unspecified atom stereocenters. The van der Waals surface area contributed by atoms with Crippen LogP contribution in [0.4, 0.5) is 15.2 Å². The van der Waals surface area contributed by atoms with Crippen molar-refractivity contribution < 1.29 is 23.5 Å². The zero-order valence-electron chi connectivity index (χ0n) is 16.0. The van der Waals surface area contributed by atoms with Crippen LogP contribution in [0.15, 0.2) is 46.8 Å². The fraction of sp³-hybridized carbons (Fsp3) is 0.158. The summed E-state index contributed by atoms with van der Waals surface area (Å²) in [5.41, 5.74) is 0.476. The molecule has 1 aromatic heterocycles. The summed E-state index contributed by atoms with van der Waals surface area (Å²) >= 11 is 2.25. The molecule has 0 aliphatic rings. The Bertz CT molecular complexity index is 1060. The van der Waals surface area contributed by atoms with Crippen molar-refractivity contribution in [3.05, 3.63) is 53.8 Å². The van der Waals surface area contributed by atoms with E-state index in [0.29, 0.717) is 21.4 Å². The van der Waals surface area contributed by atoms with Gasteiger partial charge in [0.05, 0.1) is 25.7 Å². The number of nitrogens with one attached hydrogen (secondary N) is 2. The normalized spacial score (nSPS) is 10.4. The Morgan fingerprint density at radius 1 is 1.07 bits per heavy atom. The van der Waals surface area contributed by atoms with Crippen molar-refractivity contribution in [1.82, 2.24) is 10.2 Å². The van der Waals surface area contributed by atoms with Crippen LogP contribution in [0.1, 0.15) is 10.4 Å². The average Bonchev–Trinajstić information content (AvgIpc) is 3.20. The molecule has 30 heavy (non-hydrogen) atoms.